The number of furan rings is 1. The van der Waals surface area contributed by atoms with Gasteiger partial charge in [0.25, 0.3) is 11.8 Å². The average molecular weight is 869 g/mol. The van der Waals surface area contributed by atoms with Gasteiger partial charge in [-0.15, -0.1) is 0 Å². The van der Waals surface area contributed by atoms with E-state index in [1.54, 1.807) is 60.7 Å². The highest BCUT2D eigenvalue weighted by Gasteiger charge is 2.71. The number of aliphatic hydroxyl groups excluding tert-OH is 1. The lowest BCUT2D eigenvalue weighted by molar-refractivity contribution is -0.139. The van der Waals surface area contributed by atoms with Crippen molar-refractivity contribution in [2.45, 2.75) is 37.0 Å². The number of benzene rings is 3. The number of hydrogen-bond acceptors (Lipinski definition) is 10. The molecule has 6 aromatic rings. The topological polar surface area (TPSA) is 159 Å². The van der Waals surface area contributed by atoms with Crippen LogP contribution >= 0.6 is 23.2 Å². The van der Waals surface area contributed by atoms with Crippen molar-refractivity contribution in [1.82, 2.24) is 15.0 Å². The number of oxazole rings is 1. The van der Waals surface area contributed by atoms with Crippen LogP contribution in [0.2, 0.25) is 10.0 Å². The molecule has 0 bridgehead atoms. The number of para-hydroxylation sites is 2. The van der Waals surface area contributed by atoms with Crippen LogP contribution in [0.15, 0.2) is 118 Å². The second-order valence-corrected chi connectivity index (χ2v) is 16.3. The Morgan fingerprint density at radius 2 is 1.64 bits per heavy atom. The molecule has 5 heterocycles. The van der Waals surface area contributed by atoms with E-state index >= 15 is 4.79 Å². The van der Waals surface area contributed by atoms with E-state index < -0.39 is 82.0 Å². The highest BCUT2D eigenvalue weighted by Crippen LogP contribution is 2.64. The molecule has 2 saturated heterocycles. The Labute approximate surface area is 353 Å². The summed E-state index contributed by atoms with van der Waals surface area (Å²) >= 11 is 12.6. The maximum atomic E-state index is 15.3. The Morgan fingerprint density at radius 3 is 2.33 bits per heavy atom. The minimum Gasteiger partial charge on any atom is -0.463 e. The summed E-state index contributed by atoms with van der Waals surface area (Å²) in [7, 11) is 0. The van der Waals surface area contributed by atoms with E-state index in [2.05, 4.69) is 15.4 Å². The van der Waals surface area contributed by atoms with Crippen LogP contribution in [0.5, 0.6) is 0 Å². The first-order chi connectivity index (χ1) is 29.3. The second kappa shape index (κ2) is 14.1. The molecule has 61 heavy (non-hydrogen) atoms. The summed E-state index contributed by atoms with van der Waals surface area (Å²) in [6.45, 7) is -0.483. The number of carbonyl (C=O) groups excluding carboxylic acids is 4. The van der Waals surface area contributed by atoms with E-state index in [1.807, 2.05) is 24.3 Å². The van der Waals surface area contributed by atoms with Crippen LogP contribution in [-0.4, -0.2) is 43.7 Å². The zero-order valence-electron chi connectivity index (χ0n) is 31.4. The van der Waals surface area contributed by atoms with Gasteiger partial charge < -0.3 is 13.9 Å². The van der Waals surface area contributed by atoms with Crippen LogP contribution < -0.4 is 10.3 Å². The van der Waals surface area contributed by atoms with Crippen molar-refractivity contribution in [2.75, 3.05) is 10.3 Å². The minimum atomic E-state index is -4.77. The number of aliphatic hydroxyl groups is 1. The molecule has 3 aromatic heterocycles. The summed E-state index contributed by atoms with van der Waals surface area (Å²) < 4.78 is 52.7. The Hall–Kier alpha value is -6.29. The fourth-order valence-electron chi connectivity index (χ4n) is 9.73. The molecule has 2 N–H and O–H groups in total. The van der Waals surface area contributed by atoms with E-state index in [0.29, 0.717) is 61.7 Å². The lowest BCUT2D eigenvalue weighted by Crippen LogP contribution is -2.53. The predicted octanol–water partition coefficient (Wildman–Crippen LogP) is 8.49. The first-order valence-corrected chi connectivity index (χ1v) is 19.9. The molecule has 3 fully saturated rings. The number of allylic oxidation sites excluding steroid dienone is 2. The highest BCUT2D eigenvalue weighted by molar-refractivity contribution is 6.33. The summed E-state index contributed by atoms with van der Waals surface area (Å²) in [4.78, 5) is 68.7. The number of hydrogen-bond donors (Lipinski definition) is 2. The standard InChI is InChI=1S/C44H30Cl2F3N5O7/c45-24-9-7-22(8-10-24)43-30(40(57)54(42(43)59)52-37-31(46)17-23(19-50-37)44(47,48)49)18-29-27(36(43)34-16-13-26(20-55)60-34)14-15-28-35(29)41(58)53(39(28)56)25-11-5-21(6-12-25)38-51-32-3-1-2-4-33(32)61-38/h1-14,16-17,19,28-30,35-36,55H,15,18,20H2,(H,50,52). The van der Waals surface area contributed by atoms with E-state index in [9.17, 15) is 32.7 Å². The Bertz CT molecular complexity index is 2810. The maximum absolute atomic E-state index is 15.3. The van der Waals surface area contributed by atoms with Crippen LogP contribution in [0.1, 0.15) is 41.4 Å². The number of nitrogens with zero attached hydrogens (tertiary/aromatic N) is 4. The van der Waals surface area contributed by atoms with Crippen molar-refractivity contribution in [2.24, 2.45) is 23.7 Å². The molecular formula is C44H30Cl2F3N5O7. The number of amides is 4. The average Bonchev–Trinajstić information content (AvgIpc) is 4.01. The molecule has 6 unspecified atom stereocenters. The van der Waals surface area contributed by atoms with E-state index in [4.69, 9.17) is 32.0 Å². The maximum Gasteiger partial charge on any atom is 0.417 e. The van der Waals surface area contributed by atoms with Crippen molar-refractivity contribution in [3.05, 3.63) is 142 Å². The van der Waals surface area contributed by atoms with Crippen molar-refractivity contribution in [1.29, 1.82) is 0 Å². The molecule has 1 saturated carbocycles. The van der Waals surface area contributed by atoms with Crippen LogP contribution in [0.3, 0.4) is 0 Å². The number of rotatable bonds is 7. The third-order valence-corrected chi connectivity index (χ3v) is 12.9. The van der Waals surface area contributed by atoms with Crippen molar-refractivity contribution < 1.29 is 46.3 Å². The number of fused-ring (bicyclic) bond motifs is 5. The lowest BCUT2D eigenvalue weighted by atomic mass is 9.50. The molecule has 0 radical (unpaired) electrons. The second-order valence-electron chi connectivity index (χ2n) is 15.4. The molecule has 4 amide bonds. The van der Waals surface area contributed by atoms with Gasteiger partial charge >= 0.3 is 6.18 Å². The van der Waals surface area contributed by atoms with Crippen molar-refractivity contribution in [3.63, 3.8) is 0 Å². The summed E-state index contributed by atoms with van der Waals surface area (Å²) in [5.74, 6) is -6.96. The Morgan fingerprint density at radius 1 is 0.885 bits per heavy atom. The van der Waals surface area contributed by atoms with Crippen LogP contribution in [0.4, 0.5) is 24.7 Å². The quantitative estimate of drug-likeness (QED) is 0.118. The van der Waals surface area contributed by atoms with Gasteiger partial charge in [0.05, 0.1) is 39.9 Å². The number of imide groups is 2. The molecule has 6 atom stereocenters. The molecule has 308 valence electrons. The Kier molecular flexibility index (Phi) is 9.02. The molecule has 2 aliphatic carbocycles. The van der Waals surface area contributed by atoms with Gasteiger partial charge in [-0.3, -0.25) is 29.5 Å². The molecule has 0 spiro atoms. The number of carbonyl (C=O) groups is 4. The van der Waals surface area contributed by atoms with Gasteiger partial charge in [0.15, 0.2) is 11.4 Å². The van der Waals surface area contributed by atoms with Crippen LogP contribution in [0, 0.1) is 23.7 Å². The number of nitrogens with one attached hydrogen (secondary N) is 1. The first kappa shape index (κ1) is 38.9. The summed E-state index contributed by atoms with van der Waals surface area (Å²) in [5, 5.41) is 10.6. The minimum absolute atomic E-state index is 0.0832. The monoisotopic (exact) mass is 867 g/mol. The zero-order valence-corrected chi connectivity index (χ0v) is 32.9. The third-order valence-electron chi connectivity index (χ3n) is 12.3. The molecule has 10 rings (SSSR count). The molecule has 12 nitrogen and oxygen atoms in total. The fourth-order valence-corrected chi connectivity index (χ4v) is 10.1. The van der Waals surface area contributed by atoms with Crippen LogP contribution in [0.25, 0.3) is 22.6 Å². The van der Waals surface area contributed by atoms with Gasteiger partial charge in [0.2, 0.25) is 17.7 Å². The summed E-state index contributed by atoms with van der Waals surface area (Å²) in [6.07, 6.45) is -2.36. The fraction of sp³-hybridized carbons (Fsp3) is 0.227. The SMILES string of the molecule is O=C1C2CC3C(=CCC4C(=O)N(c5ccc(-c6nc7ccccc7o6)cc5)C(=O)C43)C(c3ccc(CO)o3)C2(c2ccc(Cl)cc2)C(=O)N1Nc1ncc(C(F)(F)F)cc1Cl. The predicted molar refractivity (Wildman–Crippen MR) is 213 cm³/mol. The van der Waals surface area contributed by atoms with Crippen LogP contribution in [-0.2, 0) is 37.4 Å². The van der Waals surface area contributed by atoms with E-state index in [-0.39, 0.29) is 30.2 Å². The largest absolute Gasteiger partial charge is 0.463 e. The third kappa shape index (κ3) is 5.92. The zero-order chi connectivity index (χ0) is 42.5. The van der Waals surface area contributed by atoms with Gasteiger partial charge in [0, 0.05) is 16.8 Å². The van der Waals surface area contributed by atoms with E-state index in [1.165, 1.54) is 6.07 Å². The molecular weight excluding hydrogens is 838 g/mol. The van der Waals surface area contributed by atoms with Gasteiger partial charge in [-0.05, 0) is 91.1 Å². The first-order valence-electron chi connectivity index (χ1n) is 19.2. The summed E-state index contributed by atoms with van der Waals surface area (Å²) in [5.41, 5.74) is 2.85. The smallest absolute Gasteiger partial charge is 0.417 e. The number of alkyl halides is 3. The Balaban J connectivity index is 1.06. The molecule has 3 aromatic carbocycles. The van der Waals surface area contributed by atoms with Gasteiger partial charge in [-0.25, -0.2) is 9.97 Å². The lowest BCUT2D eigenvalue weighted by Gasteiger charge is -2.49. The van der Waals surface area contributed by atoms with Gasteiger partial charge in [-0.2, -0.15) is 18.2 Å². The molecule has 2 aliphatic heterocycles. The van der Waals surface area contributed by atoms with Crippen molar-refractivity contribution >= 4 is 69.4 Å². The number of pyridine rings is 1. The molecule has 4 aliphatic rings. The number of anilines is 2. The van der Waals surface area contributed by atoms with Gasteiger partial charge in [0.1, 0.15) is 29.1 Å². The summed E-state index contributed by atoms with van der Waals surface area (Å²) in [6, 6.07) is 24.1. The van der Waals surface area contributed by atoms with Crippen molar-refractivity contribution in [3.8, 4) is 11.5 Å². The number of hydrazine groups is 1. The highest BCUT2D eigenvalue weighted by atomic mass is 35.5. The number of aromatic nitrogens is 2. The molecule has 17 heteroatoms. The van der Waals surface area contributed by atoms with E-state index in [0.717, 1.165) is 4.90 Å². The normalized spacial score (nSPS) is 24.9. The van der Waals surface area contributed by atoms with Gasteiger partial charge in [-0.1, -0.05) is 59.1 Å². The number of halogens is 5.